The number of anilines is 3. The van der Waals surface area contributed by atoms with Crippen LogP contribution in [0.4, 0.5) is 17.3 Å². The van der Waals surface area contributed by atoms with Crippen molar-refractivity contribution in [2.24, 2.45) is 0 Å². The quantitative estimate of drug-likeness (QED) is 0.565. The monoisotopic (exact) mass is 378 g/mol. The molecule has 1 N–H and O–H groups in total. The fraction of sp³-hybridized carbons (Fsp3) is 0.250. The number of rotatable bonds is 3. The van der Waals surface area contributed by atoms with Gasteiger partial charge in [-0.1, -0.05) is 23.7 Å². The average Bonchev–Trinajstić information content (AvgIpc) is 3.36. The maximum atomic E-state index is 6.39. The van der Waals surface area contributed by atoms with E-state index in [0.717, 1.165) is 46.8 Å². The first-order valence-electron chi connectivity index (χ1n) is 9.10. The summed E-state index contributed by atoms with van der Waals surface area (Å²) in [4.78, 5) is 16.3. The van der Waals surface area contributed by atoms with E-state index in [0.29, 0.717) is 10.8 Å². The van der Waals surface area contributed by atoms with Crippen molar-refractivity contribution in [3.63, 3.8) is 0 Å². The zero-order chi connectivity index (χ0) is 18.4. The summed E-state index contributed by atoms with van der Waals surface area (Å²) in [5.41, 5.74) is 4.41. The summed E-state index contributed by atoms with van der Waals surface area (Å²) in [6.07, 6.45) is 6.02. The van der Waals surface area contributed by atoms with Gasteiger partial charge in [0, 0.05) is 13.1 Å². The summed E-state index contributed by atoms with van der Waals surface area (Å²) in [6.45, 7) is 4.14. The summed E-state index contributed by atoms with van der Waals surface area (Å²) in [6, 6.07) is 9.91. The molecule has 5 rings (SSSR count). The average molecular weight is 379 g/mol. The zero-order valence-corrected chi connectivity index (χ0v) is 15.7. The Balaban J connectivity index is 1.65. The molecule has 6 nitrogen and oxygen atoms in total. The van der Waals surface area contributed by atoms with E-state index in [2.05, 4.69) is 15.2 Å². The number of imidazole rings is 1. The van der Waals surface area contributed by atoms with E-state index in [1.54, 1.807) is 12.5 Å². The fourth-order valence-corrected chi connectivity index (χ4v) is 3.90. The Kier molecular flexibility index (Phi) is 3.86. The number of pyridine rings is 1. The van der Waals surface area contributed by atoms with Crippen LogP contribution >= 0.6 is 11.6 Å². The van der Waals surface area contributed by atoms with E-state index in [9.17, 15) is 0 Å². The van der Waals surface area contributed by atoms with Crippen LogP contribution in [0.3, 0.4) is 0 Å². The van der Waals surface area contributed by atoms with Gasteiger partial charge in [-0.15, -0.1) is 0 Å². The van der Waals surface area contributed by atoms with Crippen molar-refractivity contribution in [2.45, 2.75) is 19.8 Å². The topological polar surface area (TPSA) is 58.4 Å². The molecule has 4 aromatic rings. The lowest BCUT2D eigenvalue weighted by atomic mass is 10.2. The Morgan fingerprint density at radius 2 is 1.93 bits per heavy atom. The molecule has 136 valence electrons. The van der Waals surface area contributed by atoms with Crippen molar-refractivity contribution in [3.05, 3.63) is 53.4 Å². The highest BCUT2D eigenvalue weighted by molar-refractivity contribution is 6.33. The number of hydrogen-bond donors (Lipinski definition) is 1. The maximum absolute atomic E-state index is 6.39. The molecule has 4 heterocycles. The highest BCUT2D eigenvalue weighted by Crippen LogP contribution is 2.31. The molecule has 1 aromatic carbocycles. The van der Waals surface area contributed by atoms with Gasteiger partial charge in [0.1, 0.15) is 23.2 Å². The van der Waals surface area contributed by atoms with Gasteiger partial charge in [-0.05, 0) is 43.5 Å². The minimum atomic E-state index is 0.664. The molecule has 0 amide bonds. The third-order valence-corrected chi connectivity index (χ3v) is 5.39. The second-order valence-corrected chi connectivity index (χ2v) is 7.28. The molecule has 0 unspecified atom stereocenters. The second-order valence-electron chi connectivity index (χ2n) is 6.87. The molecule has 27 heavy (non-hydrogen) atoms. The summed E-state index contributed by atoms with van der Waals surface area (Å²) in [7, 11) is 0. The number of para-hydroxylation sites is 1. The first-order valence-corrected chi connectivity index (χ1v) is 9.48. The number of benzene rings is 1. The zero-order valence-electron chi connectivity index (χ0n) is 15.0. The number of hydrogen-bond acceptors (Lipinski definition) is 5. The smallest absolute Gasteiger partial charge is 0.166 e. The summed E-state index contributed by atoms with van der Waals surface area (Å²) in [5.74, 6) is 1.71. The van der Waals surface area contributed by atoms with Crippen LogP contribution in [0.15, 0.2) is 42.9 Å². The van der Waals surface area contributed by atoms with Crippen LogP contribution in [0.1, 0.15) is 18.4 Å². The number of halogens is 1. The van der Waals surface area contributed by atoms with Crippen molar-refractivity contribution in [3.8, 4) is 0 Å². The largest absolute Gasteiger partial charge is 0.357 e. The highest BCUT2D eigenvalue weighted by Gasteiger charge is 2.17. The van der Waals surface area contributed by atoms with Crippen molar-refractivity contribution < 1.29 is 0 Å². The van der Waals surface area contributed by atoms with Crippen LogP contribution < -0.4 is 10.2 Å². The Labute approximate surface area is 161 Å². The normalized spacial score (nSPS) is 14.4. The van der Waals surface area contributed by atoms with Crippen molar-refractivity contribution in [1.29, 1.82) is 0 Å². The van der Waals surface area contributed by atoms with Gasteiger partial charge in [-0.3, -0.25) is 4.40 Å². The third-order valence-electron chi connectivity index (χ3n) is 5.08. The van der Waals surface area contributed by atoms with Gasteiger partial charge in [0.25, 0.3) is 0 Å². The SMILES string of the molecule is Cc1cccc(Cl)c1Nc1nc2ccc(N3CCCC3)nc2n2cncc12. The van der Waals surface area contributed by atoms with Gasteiger partial charge in [-0.25, -0.2) is 15.0 Å². The van der Waals surface area contributed by atoms with Gasteiger partial charge < -0.3 is 10.2 Å². The first kappa shape index (κ1) is 16.3. The first-order chi connectivity index (χ1) is 13.2. The second kappa shape index (κ2) is 6.39. The van der Waals surface area contributed by atoms with Gasteiger partial charge >= 0.3 is 0 Å². The molecular formula is C20H19ClN6. The van der Waals surface area contributed by atoms with Crippen molar-refractivity contribution >= 4 is 45.6 Å². The summed E-state index contributed by atoms with van der Waals surface area (Å²) < 4.78 is 1.98. The summed E-state index contributed by atoms with van der Waals surface area (Å²) in [5, 5.41) is 4.05. The minimum Gasteiger partial charge on any atom is -0.357 e. The lowest BCUT2D eigenvalue weighted by Gasteiger charge is -2.17. The number of aromatic nitrogens is 4. The van der Waals surface area contributed by atoms with E-state index in [1.165, 1.54) is 12.8 Å². The molecule has 1 fully saturated rings. The van der Waals surface area contributed by atoms with Crippen molar-refractivity contribution in [2.75, 3.05) is 23.3 Å². The fourth-order valence-electron chi connectivity index (χ4n) is 3.64. The van der Waals surface area contributed by atoms with E-state index in [1.807, 2.05) is 41.7 Å². The van der Waals surface area contributed by atoms with Crippen LogP contribution in [0.2, 0.25) is 5.02 Å². The van der Waals surface area contributed by atoms with E-state index < -0.39 is 0 Å². The van der Waals surface area contributed by atoms with Gasteiger partial charge in [0.2, 0.25) is 0 Å². The number of nitrogens with one attached hydrogen (secondary N) is 1. The molecular weight excluding hydrogens is 360 g/mol. The lowest BCUT2D eigenvalue weighted by molar-refractivity contribution is 0.938. The Morgan fingerprint density at radius 1 is 1.07 bits per heavy atom. The molecule has 1 aliphatic heterocycles. The molecule has 0 saturated carbocycles. The minimum absolute atomic E-state index is 0.664. The molecule has 0 spiro atoms. The van der Waals surface area contributed by atoms with Crippen LogP contribution in [-0.4, -0.2) is 32.4 Å². The predicted molar refractivity (Wildman–Crippen MR) is 109 cm³/mol. The van der Waals surface area contributed by atoms with Gasteiger partial charge in [0.15, 0.2) is 11.5 Å². The van der Waals surface area contributed by atoms with E-state index in [4.69, 9.17) is 21.6 Å². The molecule has 3 aromatic heterocycles. The Morgan fingerprint density at radius 3 is 2.74 bits per heavy atom. The van der Waals surface area contributed by atoms with Gasteiger partial charge in [-0.2, -0.15) is 0 Å². The van der Waals surface area contributed by atoms with Crippen LogP contribution in [0.25, 0.3) is 16.7 Å². The third kappa shape index (κ3) is 2.77. The standard InChI is InChI=1S/C20H19ClN6/c1-13-5-4-6-14(21)18(13)25-19-16-11-22-12-27(16)20-15(23-19)7-8-17(24-20)26-9-2-3-10-26/h4-8,11-12H,2-3,9-10H2,1H3,(H,23,25). The molecule has 0 aliphatic carbocycles. The number of nitrogens with zero attached hydrogens (tertiary/aromatic N) is 5. The van der Waals surface area contributed by atoms with Crippen LogP contribution in [0, 0.1) is 6.92 Å². The summed E-state index contributed by atoms with van der Waals surface area (Å²) >= 11 is 6.39. The van der Waals surface area contributed by atoms with Crippen molar-refractivity contribution in [1.82, 2.24) is 19.4 Å². The molecule has 0 atom stereocenters. The lowest BCUT2D eigenvalue weighted by Crippen LogP contribution is -2.19. The molecule has 1 saturated heterocycles. The number of aryl methyl sites for hydroxylation is 1. The van der Waals surface area contributed by atoms with Crippen LogP contribution in [-0.2, 0) is 0 Å². The predicted octanol–water partition coefficient (Wildman–Crippen LogP) is 4.58. The molecule has 1 aliphatic rings. The Bertz CT molecular complexity index is 1130. The van der Waals surface area contributed by atoms with E-state index >= 15 is 0 Å². The molecule has 0 bridgehead atoms. The molecule has 7 heteroatoms. The van der Waals surface area contributed by atoms with E-state index in [-0.39, 0.29) is 0 Å². The van der Waals surface area contributed by atoms with Gasteiger partial charge in [0.05, 0.1) is 16.9 Å². The highest BCUT2D eigenvalue weighted by atomic mass is 35.5. The Hall–Kier alpha value is -2.86. The van der Waals surface area contributed by atoms with Crippen LogP contribution in [0.5, 0.6) is 0 Å². The molecule has 0 radical (unpaired) electrons. The maximum Gasteiger partial charge on any atom is 0.166 e. The number of fused-ring (bicyclic) bond motifs is 3.